The molecule has 2 rings (SSSR count). The van der Waals surface area contributed by atoms with Crippen molar-refractivity contribution in [3.8, 4) is 0 Å². The summed E-state index contributed by atoms with van der Waals surface area (Å²) in [4.78, 5) is 24.1. The maximum atomic E-state index is 12.4. The predicted molar refractivity (Wildman–Crippen MR) is 86.0 cm³/mol. The second-order valence-corrected chi connectivity index (χ2v) is 7.91. The average molecular weight is 341 g/mol. The first-order valence-electron chi connectivity index (χ1n) is 7.18. The Balaban J connectivity index is 2.02. The minimum atomic E-state index is -3.06. The van der Waals surface area contributed by atoms with Gasteiger partial charge in [-0.25, -0.2) is 8.42 Å². The van der Waals surface area contributed by atoms with E-state index < -0.39 is 20.8 Å². The van der Waals surface area contributed by atoms with Crippen molar-refractivity contribution in [3.05, 3.63) is 34.4 Å². The second kappa shape index (κ2) is 6.53. The topological polar surface area (TPSA) is 110 Å². The second-order valence-electron chi connectivity index (χ2n) is 5.68. The van der Waals surface area contributed by atoms with Gasteiger partial charge >= 0.3 is 0 Å². The maximum Gasteiger partial charge on any atom is 0.271 e. The summed E-state index contributed by atoms with van der Waals surface area (Å²) < 4.78 is 23.0. The van der Waals surface area contributed by atoms with Crippen LogP contribution in [-0.4, -0.2) is 54.8 Å². The van der Waals surface area contributed by atoms with Gasteiger partial charge in [0.25, 0.3) is 5.69 Å². The molecule has 8 nitrogen and oxygen atoms in total. The van der Waals surface area contributed by atoms with Crippen LogP contribution >= 0.6 is 0 Å². The van der Waals surface area contributed by atoms with Crippen LogP contribution in [0.3, 0.4) is 0 Å². The van der Waals surface area contributed by atoms with Crippen LogP contribution in [0.5, 0.6) is 0 Å². The van der Waals surface area contributed by atoms with Gasteiger partial charge in [-0.2, -0.15) is 0 Å². The van der Waals surface area contributed by atoms with Gasteiger partial charge in [-0.15, -0.1) is 0 Å². The lowest BCUT2D eigenvalue weighted by atomic mass is 10.2. The van der Waals surface area contributed by atoms with Crippen LogP contribution in [-0.2, 0) is 14.6 Å². The number of nitro groups is 1. The molecule has 23 heavy (non-hydrogen) atoms. The number of hydrogen-bond donors (Lipinski definition) is 1. The molecule has 1 aromatic carbocycles. The Morgan fingerprint density at radius 2 is 2.17 bits per heavy atom. The third kappa shape index (κ3) is 4.19. The summed E-state index contributed by atoms with van der Waals surface area (Å²) >= 11 is 0. The number of sulfone groups is 1. The summed E-state index contributed by atoms with van der Waals surface area (Å²) in [6.45, 7) is 1.64. The summed E-state index contributed by atoms with van der Waals surface area (Å²) in [5.41, 5.74) is 0.400. The van der Waals surface area contributed by atoms with Crippen molar-refractivity contribution in [1.29, 1.82) is 0 Å². The molecule has 1 N–H and O–H groups in total. The van der Waals surface area contributed by atoms with Gasteiger partial charge in [-0.1, -0.05) is 6.07 Å². The number of amides is 1. The monoisotopic (exact) mass is 341 g/mol. The molecule has 1 heterocycles. The van der Waals surface area contributed by atoms with Gasteiger partial charge in [0.15, 0.2) is 9.84 Å². The third-order valence-corrected chi connectivity index (χ3v) is 5.66. The molecule has 0 aromatic heterocycles. The average Bonchev–Trinajstić information content (AvgIpc) is 2.86. The van der Waals surface area contributed by atoms with Crippen molar-refractivity contribution in [2.24, 2.45) is 0 Å². The molecule has 0 aliphatic carbocycles. The Hall–Kier alpha value is -2.16. The van der Waals surface area contributed by atoms with E-state index in [-0.39, 0.29) is 29.1 Å². The van der Waals surface area contributed by atoms with E-state index in [1.807, 2.05) is 0 Å². The molecule has 0 spiro atoms. The van der Waals surface area contributed by atoms with Gasteiger partial charge in [0.1, 0.15) is 6.04 Å². The van der Waals surface area contributed by atoms with Crippen molar-refractivity contribution >= 4 is 27.1 Å². The van der Waals surface area contributed by atoms with Crippen LogP contribution in [0, 0.1) is 10.1 Å². The number of likely N-dealkylation sites (N-methyl/N-ethyl adjacent to an activating group) is 1. The number of carbonyl (C=O) groups excluding carboxylic acids is 1. The Bertz CT molecular complexity index is 719. The molecule has 1 aliphatic rings. The first kappa shape index (κ1) is 17.2. The SMILES string of the molecule is C[C@H](Nc1cccc([N+](=O)[O-])c1)C(=O)N(C)[C@H]1CCS(=O)(=O)C1. The highest BCUT2D eigenvalue weighted by molar-refractivity contribution is 7.91. The quantitative estimate of drug-likeness (QED) is 0.633. The molecule has 0 saturated carbocycles. The zero-order valence-electron chi connectivity index (χ0n) is 12.9. The van der Waals surface area contributed by atoms with Crippen LogP contribution in [0.4, 0.5) is 11.4 Å². The Labute approximate surface area is 134 Å². The zero-order valence-corrected chi connectivity index (χ0v) is 13.7. The highest BCUT2D eigenvalue weighted by atomic mass is 32.2. The number of nitrogens with zero attached hydrogens (tertiary/aromatic N) is 2. The van der Waals surface area contributed by atoms with E-state index in [4.69, 9.17) is 0 Å². The number of anilines is 1. The van der Waals surface area contributed by atoms with E-state index >= 15 is 0 Å². The lowest BCUT2D eigenvalue weighted by Crippen LogP contribution is -2.45. The summed E-state index contributed by atoms with van der Waals surface area (Å²) in [6.07, 6.45) is 0.439. The van der Waals surface area contributed by atoms with E-state index in [0.29, 0.717) is 12.1 Å². The van der Waals surface area contributed by atoms with E-state index in [2.05, 4.69) is 5.32 Å². The molecule has 9 heteroatoms. The van der Waals surface area contributed by atoms with Crippen molar-refractivity contribution in [2.75, 3.05) is 23.9 Å². The summed E-state index contributed by atoms with van der Waals surface area (Å²) in [5.74, 6) is -0.167. The van der Waals surface area contributed by atoms with E-state index in [1.54, 1.807) is 20.0 Å². The van der Waals surface area contributed by atoms with E-state index in [0.717, 1.165) is 0 Å². The van der Waals surface area contributed by atoms with Crippen molar-refractivity contribution < 1.29 is 18.1 Å². The first-order chi connectivity index (χ1) is 10.7. The van der Waals surface area contributed by atoms with Crippen molar-refractivity contribution in [2.45, 2.75) is 25.4 Å². The molecule has 0 bridgehead atoms. The molecular weight excluding hydrogens is 322 g/mol. The fourth-order valence-electron chi connectivity index (χ4n) is 2.59. The van der Waals surface area contributed by atoms with Crippen LogP contribution in [0.1, 0.15) is 13.3 Å². The lowest BCUT2D eigenvalue weighted by molar-refractivity contribution is -0.384. The van der Waals surface area contributed by atoms with Crippen LogP contribution in [0.2, 0.25) is 0 Å². The van der Waals surface area contributed by atoms with Crippen LogP contribution in [0.25, 0.3) is 0 Å². The highest BCUT2D eigenvalue weighted by Crippen LogP contribution is 2.20. The minimum absolute atomic E-state index is 0.0151. The Morgan fingerprint density at radius 1 is 1.48 bits per heavy atom. The predicted octanol–water partition coefficient (Wildman–Crippen LogP) is 1.04. The summed E-state index contributed by atoms with van der Waals surface area (Å²) in [7, 11) is -1.48. The minimum Gasteiger partial charge on any atom is -0.374 e. The fourth-order valence-corrected chi connectivity index (χ4v) is 4.36. The fraction of sp³-hybridized carbons (Fsp3) is 0.500. The smallest absolute Gasteiger partial charge is 0.271 e. The van der Waals surface area contributed by atoms with Gasteiger partial charge in [0.05, 0.1) is 16.4 Å². The zero-order chi connectivity index (χ0) is 17.2. The molecule has 1 saturated heterocycles. The van der Waals surface area contributed by atoms with E-state index in [1.165, 1.54) is 23.1 Å². The van der Waals surface area contributed by atoms with Crippen molar-refractivity contribution in [3.63, 3.8) is 0 Å². The van der Waals surface area contributed by atoms with E-state index in [9.17, 15) is 23.3 Å². The lowest BCUT2D eigenvalue weighted by Gasteiger charge is -2.27. The molecule has 0 radical (unpaired) electrons. The van der Waals surface area contributed by atoms with Crippen molar-refractivity contribution in [1.82, 2.24) is 4.90 Å². The number of rotatable bonds is 5. The standard InChI is InChI=1S/C14H19N3O5S/c1-10(15-11-4-3-5-12(8-11)17(19)20)14(18)16(2)13-6-7-23(21,22)9-13/h3-5,8,10,13,15H,6-7,9H2,1-2H3/t10-,13-/m0/s1. The molecule has 1 aromatic rings. The first-order valence-corrected chi connectivity index (χ1v) is 9.00. The largest absolute Gasteiger partial charge is 0.374 e. The molecular formula is C14H19N3O5S. The Morgan fingerprint density at radius 3 is 2.74 bits per heavy atom. The molecule has 0 unspecified atom stereocenters. The number of carbonyl (C=O) groups is 1. The van der Waals surface area contributed by atoms with Gasteiger partial charge in [0, 0.05) is 30.9 Å². The van der Waals surface area contributed by atoms with Gasteiger partial charge < -0.3 is 10.2 Å². The number of benzene rings is 1. The molecule has 1 amide bonds. The molecule has 126 valence electrons. The number of nitro benzene ring substituents is 1. The van der Waals surface area contributed by atoms with Crippen LogP contribution in [0.15, 0.2) is 24.3 Å². The van der Waals surface area contributed by atoms with Gasteiger partial charge in [0.2, 0.25) is 5.91 Å². The number of nitrogens with one attached hydrogen (secondary N) is 1. The summed E-state index contributed by atoms with van der Waals surface area (Å²) in [6, 6.07) is 4.95. The normalized spacial score (nSPS) is 20.7. The summed E-state index contributed by atoms with van der Waals surface area (Å²) in [5, 5.41) is 13.7. The Kier molecular flexibility index (Phi) is 4.88. The molecule has 1 aliphatic heterocycles. The van der Waals surface area contributed by atoms with Gasteiger partial charge in [-0.3, -0.25) is 14.9 Å². The maximum absolute atomic E-state index is 12.4. The molecule has 2 atom stereocenters. The number of hydrogen-bond acceptors (Lipinski definition) is 6. The van der Waals surface area contributed by atoms with Crippen LogP contribution < -0.4 is 5.32 Å². The molecule has 1 fully saturated rings. The number of non-ortho nitro benzene ring substituents is 1. The third-order valence-electron chi connectivity index (χ3n) is 3.91. The highest BCUT2D eigenvalue weighted by Gasteiger charge is 2.34. The van der Waals surface area contributed by atoms with Gasteiger partial charge in [-0.05, 0) is 19.4 Å².